The van der Waals surface area contributed by atoms with E-state index in [1.807, 2.05) is 32.1 Å². The fourth-order valence-electron chi connectivity index (χ4n) is 4.42. The van der Waals surface area contributed by atoms with Crippen molar-refractivity contribution in [3.05, 3.63) is 51.9 Å². The number of likely N-dealkylation sites (N-methyl/N-ethyl adjacent to an activating group) is 3. The molecule has 4 rings (SSSR count). The van der Waals surface area contributed by atoms with Crippen LogP contribution in [0.5, 0.6) is 0 Å². The first-order valence-electron chi connectivity index (χ1n) is 10.9. The molecule has 1 amide bonds. The molecule has 2 aliphatic heterocycles. The minimum Gasteiger partial charge on any atom is -0.323 e. The zero-order chi connectivity index (χ0) is 23.9. The van der Waals surface area contributed by atoms with Gasteiger partial charge in [0.2, 0.25) is 10.0 Å². The fourth-order valence-corrected chi connectivity index (χ4v) is 5.58. The van der Waals surface area contributed by atoms with Crippen molar-refractivity contribution in [2.45, 2.75) is 23.9 Å². The largest absolute Gasteiger partial charge is 0.323 e. The maximum absolute atomic E-state index is 12.9. The molecule has 2 aromatic rings. The van der Waals surface area contributed by atoms with Gasteiger partial charge in [0.1, 0.15) is 0 Å². The number of amides is 1. The van der Waals surface area contributed by atoms with E-state index in [0.29, 0.717) is 30.9 Å². The van der Waals surface area contributed by atoms with Crippen LogP contribution in [0, 0.1) is 4.91 Å². The first-order valence-corrected chi connectivity index (χ1v) is 12.3. The molecule has 1 atom stereocenters. The van der Waals surface area contributed by atoms with Crippen LogP contribution < -0.4 is 5.32 Å². The molecule has 0 bridgehead atoms. The average Bonchev–Trinajstić information content (AvgIpc) is 3.11. The Hall–Kier alpha value is -2.66. The third-order valence-corrected chi connectivity index (χ3v) is 8.25. The summed E-state index contributed by atoms with van der Waals surface area (Å²) in [5.41, 5.74) is 5.13. The zero-order valence-corrected chi connectivity index (χ0v) is 20.1. The van der Waals surface area contributed by atoms with Crippen LogP contribution in [0.25, 0.3) is 11.1 Å². The van der Waals surface area contributed by atoms with Gasteiger partial charge in [0.15, 0.2) is 6.04 Å². The molecule has 2 aromatic carbocycles. The normalized spacial score (nSPS) is 18.4. The summed E-state index contributed by atoms with van der Waals surface area (Å²) in [6, 6.07) is 7.60. The van der Waals surface area contributed by atoms with Gasteiger partial charge in [-0.25, -0.2) is 8.42 Å². The summed E-state index contributed by atoms with van der Waals surface area (Å²) < 4.78 is 27.2. The number of anilines is 1. The molecule has 0 spiro atoms. The van der Waals surface area contributed by atoms with Crippen molar-refractivity contribution in [2.24, 2.45) is 5.18 Å². The maximum atomic E-state index is 12.9. The highest BCUT2D eigenvalue weighted by atomic mass is 32.2. The second-order valence-electron chi connectivity index (χ2n) is 8.98. The van der Waals surface area contributed by atoms with Gasteiger partial charge in [-0.15, -0.1) is 4.91 Å². The Morgan fingerprint density at radius 2 is 1.82 bits per heavy atom. The number of benzene rings is 2. The minimum atomic E-state index is -3.60. The molecule has 0 radical (unpaired) electrons. The third kappa shape index (κ3) is 4.31. The molecular formula is C23H29N5O4S. The van der Waals surface area contributed by atoms with Crippen LogP contribution in [-0.4, -0.2) is 76.3 Å². The van der Waals surface area contributed by atoms with E-state index in [9.17, 15) is 18.1 Å². The van der Waals surface area contributed by atoms with E-state index in [-0.39, 0.29) is 4.90 Å². The highest BCUT2D eigenvalue weighted by Crippen LogP contribution is 2.44. The maximum Gasteiger partial charge on any atom is 0.257 e. The lowest BCUT2D eigenvalue weighted by molar-refractivity contribution is -0.116. The summed E-state index contributed by atoms with van der Waals surface area (Å²) in [6.07, 6.45) is 0.789. The first-order chi connectivity index (χ1) is 15.6. The predicted molar refractivity (Wildman–Crippen MR) is 127 cm³/mol. The lowest BCUT2D eigenvalue weighted by atomic mass is 9.87. The van der Waals surface area contributed by atoms with Crippen LogP contribution in [0.1, 0.15) is 22.7 Å². The summed E-state index contributed by atoms with van der Waals surface area (Å²) >= 11 is 0. The van der Waals surface area contributed by atoms with Gasteiger partial charge in [-0.05, 0) is 68.0 Å². The third-order valence-electron chi connectivity index (χ3n) is 6.38. The van der Waals surface area contributed by atoms with E-state index in [4.69, 9.17) is 0 Å². The van der Waals surface area contributed by atoms with Gasteiger partial charge < -0.3 is 15.1 Å². The second kappa shape index (κ2) is 8.94. The van der Waals surface area contributed by atoms with E-state index in [1.54, 1.807) is 31.3 Å². The summed E-state index contributed by atoms with van der Waals surface area (Å²) in [7, 11) is 3.80. The molecular weight excluding hydrogens is 442 g/mol. The van der Waals surface area contributed by atoms with Gasteiger partial charge in [-0.2, -0.15) is 4.31 Å². The van der Waals surface area contributed by atoms with Crippen LogP contribution in [0.3, 0.4) is 0 Å². The van der Waals surface area contributed by atoms with Crippen molar-refractivity contribution >= 4 is 21.6 Å². The molecule has 9 nitrogen and oxygen atoms in total. The van der Waals surface area contributed by atoms with E-state index in [0.717, 1.165) is 35.2 Å². The highest BCUT2D eigenvalue weighted by molar-refractivity contribution is 7.89. The number of hydrogen-bond acceptors (Lipinski definition) is 7. The van der Waals surface area contributed by atoms with Crippen molar-refractivity contribution in [1.82, 2.24) is 14.1 Å². The predicted octanol–water partition coefficient (Wildman–Crippen LogP) is 2.28. The first kappa shape index (κ1) is 23.5. The summed E-state index contributed by atoms with van der Waals surface area (Å²) in [4.78, 5) is 28.0. The van der Waals surface area contributed by atoms with Crippen LogP contribution in [0.15, 0.2) is 40.4 Å². The number of fused-ring (bicyclic) bond motifs is 3. The van der Waals surface area contributed by atoms with Crippen LogP contribution in [0.4, 0.5) is 5.69 Å². The number of carbonyl (C=O) groups excluding carboxylic acids is 1. The van der Waals surface area contributed by atoms with Crippen molar-refractivity contribution in [3.8, 4) is 11.1 Å². The monoisotopic (exact) mass is 471 g/mol. The number of nitrogens with zero attached hydrogens (tertiary/aromatic N) is 4. The van der Waals surface area contributed by atoms with E-state index in [2.05, 4.69) is 15.4 Å². The van der Waals surface area contributed by atoms with Gasteiger partial charge in [0, 0.05) is 38.8 Å². The molecule has 0 saturated heterocycles. The van der Waals surface area contributed by atoms with Gasteiger partial charge in [0.05, 0.1) is 10.6 Å². The second-order valence-corrected chi connectivity index (χ2v) is 11.0. The number of carbonyl (C=O) groups is 1. The molecule has 0 aliphatic carbocycles. The fraction of sp³-hybridized carbons (Fsp3) is 0.435. The van der Waals surface area contributed by atoms with Crippen LogP contribution in [0.2, 0.25) is 0 Å². The van der Waals surface area contributed by atoms with Crippen molar-refractivity contribution in [3.63, 3.8) is 0 Å². The van der Waals surface area contributed by atoms with Gasteiger partial charge in [-0.1, -0.05) is 17.3 Å². The Bertz CT molecular complexity index is 1190. The van der Waals surface area contributed by atoms with Crippen molar-refractivity contribution in [2.75, 3.05) is 53.1 Å². The van der Waals surface area contributed by atoms with Crippen LogP contribution >= 0.6 is 0 Å². The average molecular weight is 472 g/mol. The molecule has 176 valence electrons. The molecule has 1 N–H and O–H groups in total. The van der Waals surface area contributed by atoms with Crippen LogP contribution in [-0.2, 0) is 27.8 Å². The quantitative estimate of drug-likeness (QED) is 0.622. The molecule has 0 aromatic heterocycles. The van der Waals surface area contributed by atoms with E-state index in [1.165, 1.54) is 4.31 Å². The van der Waals surface area contributed by atoms with Gasteiger partial charge in [-0.3, -0.25) is 4.79 Å². The number of rotatable bonds is 7. The summed E-state index contributed by atoms with van der Waals surface area (Å²) in [5.74, 6) is -0.408. The topological polar surface area (TPSA) is 102 Å². The highest BCUT2D eigenvalue weighted by Gasteiger charge is 2.36. The Kier molecular flexibility index (Phi) is 6.37. The molecule has 0 fully saturated rings. The summed E-state index contributed by atoms with van der Waals surface area (Å²) in [6.45, 7) is 2.54. The van der Waals surface area contributed by atoms with Gasteiger partial charge in [0.25, 0.3) is 5.91 Å². The molecule has 1 unspecified atom stereocenters. The number of sulfonamides is 1. The number of nitrogens with one attached hydrogen (secondary N) is 1. The lowest BCUT2D eigenvalue weighted by Crippen LogP contribution is -2.33. The van der Waals surface area contributed by atoms with Gasteiger partial charge >= 0.3 is 0 Å². The standard InChI is InChI=1S/C23H29N5O4S/c1-26(2)11-12-28(4)33(31,32)16-7-5-15(6-8-16)18-13-19-21(24-23(29)22(19)25-30)20-14-27(3)10-9-17(18)20/h5-8,13,22H,9-12,14H2,1-4H3,(H,24,29). The zero-order valence-electron chi connectivity index (χ0n) is 19.3. The van der Waals surface area contributed by atoms with Crippen molar-refractivity contribution < 1.29 is 13.2 Å². The number of hydrogen-bond donors (Lipinski definition) is 1. The SMILES string of the molecule is CN(C)CCN(C)S(=O)(=O)c1ccc(-c2cc3c(c4c2CCN(C)C4)NC(=O)C3N=O)cc1. The molecule has 2 aliphatic rings. The van der Waals surface area contributed by atoms with E-state index < -0.39 is 22.0 Å². The number of nitroso groups, excluding NO2 is 1. The Balaban J connectivity index is 1.73. The minimum absolute atomic E-state index is 0.228. The smallest absolute Gasteiger partial charge is 0.257 e. The molecule has 33 heavy (non-hydrogen) atoms. The lowest BCUT2D eigenvalue weighted by Gasteiger charge is -2.29. The molecule has 2 heterocycles. The Morgan fingerprint density at radius 1 is 1.12 bits per heavy atom. The van der Waals surface area contributed by atoms with E-state index >= 15 is 0 Å². The Labute approximate surface area is 194 Å². The molecule has 10 heteroatoms. The Morgan fingerprint density at radius 3 is 2.45 bits per heavy atom. The summed E-state index contributed by atoms with van der Waals surface area (Å²) in [5, 5.41) is 5.88. The van der Waals surface area contributed by atoms with Crippen molar-refractivity contribution in [1.29, 1.82) is 0 Å². The molecule has 0 saturated carbocycles.